The Kier molecular flexibility index (Phi) is 4.19. The monoisotopic (exact) mass is 145 g/mol. The number of allylic oxidation sites excluding steroid dienone is 8. The molecule has 0 aromatic rings. The normalized spacial score (nSPS) is 29.8. The SMILES string of the molecule is [C]1=C\C=C\CC/C=C\C=C\C/1. The minimum Gasteiger partial charge on any atom is -0.0842 e. The summed E-state index contributed by atoms with van der Waals surface area (Å²) < 4.78 is 0. The molecule has 1 aliphatic carbocycles. The van der Waals surface area contributed by atoms with Gasteiger partial charge in [0.15, 0.2) is 0 Å². The largest absolute Gasteiger partial charge is 0.0842 e. The van der Waals surface area contributed by atoms with Crippen LogP contribution in [0.2, 0.25) is 0 Å². The maximum Gasteiger partial charge on any atom is -0.00915 e. The van der Waals surface area contributed by atoms with Crippen LogP contribution in [0.3, 0.4) is 0 Å². The van der Waals surface area contributed by atoms with Crippen molar-refractivity contribution in [3.8, 4) is 0 Å². The molecule has 0 saturated heterocycles. The number of rotatable bonds is 0. The highest BCUT2D eigenvalue weighted by atomic mass is 13.8. The molecule has 0 unspecified atom stereocenters. The Morgan fingerprint density at radius 1 is 0.818 bits per heavy atom. The Hall–Kier alpha value is -1.04. The molecule has 0 saturated carbocycles. The molecule has 0 spiro atoms. The van der Waals surface area contributed by atoms with Crippen LogP contribution >= 0.6 is 0 Å². The van der Waals surface area contributed by atoms with Crippen molar-refractivity contribution < 1.29 is 0 Å². The topological polar surface area (TPSA) is 0 Å². The van der Waals surface area contributed by atoms with Gasteiger partial charge in [-0.25, -0.2) is 0 Å². The van der Waals surface area contributed by atoms with E-state index in [4.69, 9.17) is 0 Å². The van der Waals surface area contributed by atoms with E-state index < -0.39 is 0 Å². The first-order chi connectivity index (χ1) is 5.50. The van der Waals surface area contributed by atoms with Crippen LogP contribution in [0.25, 0.3) is 0 Å². The highest BCUT2D eigenvalue weighted by Crippen LogP contribution is 1.96. The minimum atomic E-state index is 0.911. The average Bonchev–Trinajstić information content (AvgIpc) is 2.08. The van der Waals surface area contributed by atoms with Gasteiger partial charge >= 0.3 is 0 Å². The molecule has 1 radical (unpaired) electrons. The van der Waals surface area contributed by atoms with Gasteiger partial charge in [-0.05, 0) is 25.3 Å². The van der Waals surface area contributed by atoms with Gasteiger partial charge in [-0.3, -0.25) is 0 Å². The van der Waals surface area contributed by atoms with E-state index in [1.54, 1.807) is 0 Å². The summed E-state index contributed by atoms with van der Waals surface area (Å²) in [5, 5.41) is 0. The molecule has 11 heavy (non-hydrogen) atoms. The lowest BCUT2D eigenvalue weighted by molar-refractivity contribution is 1.05. The Morgan fingerprint density at radius 3 is 2.45 bits per heavy atom. The fourth-order valence-electron chi connectivity index (χ4n) is 0.882. The molecule has 0 aliphatic heterocycles. The molecule has 0 aromatic carbocycles. The maximum absolute atomic E-state index is 3.15. The van der Waals surface area contributed by atoms with Crippen LogP contribution in [0.4, 0.5) is 0 Å². The molecule has 1 aliphatic rings. The van der Waals surface area contributed by atoms with Gasteiger partial charge in [0.25, 0.3) is 0 Å². The first-order valence-corrected chi connectivity index (χ1v) is 4.03. The average molecular weight is 145 g/mol. The molecule has 0 heterocycles. The van der Waals surface area contributed by atoms with Crippen molar-refractivity contribution in [2.45, 2.75) is 19.3 Å². The van der Waals surface area contributed by atoms with Gasteiger partial charge in [0.1, 0.15) is 0 Å². The highest BCUT2D eigenvalue weighted by Gasteiger charge is 1.76. The Balaban J connectivity index is 2.47. The molecular weight excluding hydrogens is 132 g/mol. The van der Waals surface area contributed by atoms with Gasteiger partial charge in [0, 0.05) is 0 Å². The quantitative estimate of drug-likeness (QED) is 0.491. The third kappa shape index (κ3) is 4.38. The van der Waals surface area contributed by atoms with E-state index in [0.717, 1.165) is 19.3 Å². The number of hydrogen-bond acceptors (Lipinski definition) is 0. The minimum absolute atomic E-state index is 0.911. The molecule has 0 heteroatoms. The van der Waals surface area contributed by atoms with Gasteiger partial charge < -0.3 is 0 Å². The zero-order chi connectivity index (χ0) is 7.78. The summed E-state index contributed by atoms with van der Waals surface area (Å²) in [4.78, 5) is 0. The standard InChI is InChI=1S/C11H13/c1-2-4-6-8-10-11-9-7-5-3-1/h1-4,9-11H,5-7H2/b3-1-,4-2+,10-8?,11-9+. The zero-order valence-corrected chi connectivity index (χ0v) is 6.66. The summed E-state index contributed by atoms with van der Waals surface area (Å²) in [6.45, 7) is 0. The summed E-state index contributed by atoms with van der Waals surface area (Å²) >= 11 is 0. The summed E-state index contributed by atoms with van der Waals surface area (Å²) in [7, 11) is 0. The molecule has 0 bridgehead atoms. The third-order valence-electron chi connectivity index (χ3n) is 1.47. The van der Waals surface area contributed by atoms with E-state index in [1.165, 1.54) is 0 Å². The second kappa shape index (κ2) is 5.72. The summed E-state index contributed by atoms with van der Waals surface area (Å²) in [5.41, 5.74) is 0. The van der Waals surface area contributed by atoms with Crippen LogP contribution in [-0.2, 0) is 0 Å². The van der Waals surface area contributed by atoms with Crippen molar-refractivity contribution in [2.24, 2.45) is 0 Å². The molecule has 0 nitrogen and oxygen atoms in total. The van der Waals surface area contributed by atoms with Gasteiger partial charge in [-0.15, -0.1) is 0 Å². The molecule has 57 valence electrons. The van der Waals surface area contributed by atoms with Gasteiger partial charge in [0.2, 0.25) is 0 Å². The first kappa shape index (κ1) is 8.06. The second-order valence-corrected chi connectivity index (χ2v) is 2.44. The van der Waals surface area contributed by atoms with E-state index in [-0.39, 0.29) is 0 Å². The molecule has 1 rings (SSSR count). The second-order valence-electron chi connectivity index (χ2n) is 2.44. The van der Waals surface area contributed by atoms with Crippen molar-refractivity contribution in [2.75, 3.05) is 0 Å². The van der Waals surface area contributed by atoms with E-state index in [1.807, 2.05) is 6.08 Å². The summed E-state index contributed by atoms with van der Waals surface area (Å²) in [5.74, 6) is 0. The van der Waals surface area contributed by atoms with Crippen LogP contribution in [0.5, 0.6) is 0 Å². The lowest BCUT2D eigenvalue weighted by Crippen LogP contribution is -1.62. The van der Waals surface area contributed by atoms with Crippen molar-refractivity contribution in [3.63, 3.8) is 0 Å². The summed E-state index contributed by atoms with van der Waals surface area (Å²) in [6, 6.07) is 0. The fourth-order valence-corrected chi connectivity index (χ4v) is 0.882. The predicted octanol–water partition coefficient (Wildman–Crippen LogP) is 3.20. The van der Waals surface area contributed by atoms with Crippen LogP contribution < -0.4 is 0 Å². The first-order valence-electron chi connectivity index (χ1n) is 4.03. The molecule has 0 amide bonds. The lowest BCUT2D eigenvalue weighted by Gasteiger charge is -1.82. The van der Waals surface area contributed by atoms with Crippen molar-refractivity contribution in [1.29, 1.82) is 0 Å². The fraction of sp³-hybridized carbons (Fsp3) is 0.273. The van der Waals surface area contributed by atoms with Gasteiger partial charge in [-0.2, -0.15) is 0 Å². The Bertz CT molecular complexity index is 170. The van der Waals surface area contributed by atoms with Crippen LogP contribution in [0, 0.1) is 6.08 Å². The molecular formula is C11H13. The smallest absolute Gasteiger partial charge is 0.00915 e. The Morgan fingerprint density at radius 2 is 1.55 bits per heavy atom. The van der Waals surface area contributed by atoms with Crippen LogP contribution in [-0.4, -0.2) is 0 Å². The third-order valence-corrected chi connectivity index (χ3v) is 1.47. The molecule has 0 atom stereocenters. The van der Waals surface area contributed by atoms with Crippen LogP contribution in [0.1, 0.15) is 19.3 Å². The van der Waals surface area contributed by atoms with E-state index in [2.05, 4.69) is 42.5 Å². The van der Waals surface area contributed by atoms with Crippen molar-refractivity contribution in [1.82, 2.24) is 0 Å². The van der Waals surface area contributed by atoms with Crippen molar-refractivity contribution >= 4 is 0 Å². The van der Waals surface area contributed by atoms with E-state index in [0.29, 0.717) is 0 Å². The highest BCUT2D eigenvalue weighted by molar-refractivity contribution is 5.07. The lowest BCUT2D eigenvalue weighted by atomic mass is 10.2. The van der Waals surface area contributed by atoms with Crippen molar-refractivity contribution in [3.05, 3.63) is 48.6 Å². The molecule has 0 N–H and O–H groups in total. The molecule has 0 aromatic heterocycles. The summed E-state index contributed by atoms with van der Waals surface area (Å²) in [6.07, 6.45) is 21.0. The zero-order valence-electron chi connectivity index (χ0n) is 6.66. The Labute approximate surface area is 68.6 Å². The molecule has 0 fully saturated rings. The number of hydrogen-bond donors (Lipinski definition) is 0. The van der Waals surface area contributed by atoms with Crippen LogP contribution in [0.15, 0.2) is 42.5 Å². The van der Waals surface area contributed by atoms with Gasteiger partial charge in [-0.1, -0.05) is 42.5 Å². The predicted molar refractivity (Wildman–Crippen MR) is 49.1 cm³/mol. The van der Waals surface area contributed by atoms with E-state index >= 15 is 0 Å². The van der Waals surface area contributed by atoms with E-state index in [9.17, 15) is 0 Å². The van der Waals surface area contributed by atoms with Gasteiger partial charge in [0.05, 0.1) is 0 Å². The maximum atomic E-state index is 3.15.